The second-order valence-corrected chi connectivity index (χ2v) is 16.2. The average molecular weight is 753 g/mol. The molecular weight excluding hydrogens is 693 g/mol. The third-order valence-corrected chi connectivity index (χ3v) is 10.5. The fraction of sp³-hybridized carbons (Fsp3) is 0.500. The molecule has 0 radical (unpaired) electrons. The van der Waals surface area contributed by atoms with E-state index in [1.54, 1.807) is 18.3 Å². The lowest BCUT2D eigenvalue weighted by Gasteiger charge is -2.33. The van der Waals surface area contributed by atoms with Gasteiger partial charge in [-0.15, -0.1) is 0 Å². The minimum atomic E-state index is -0.735. The van der Waals surface area contributed by atoms with Crippen LogP contribution in [0.5, 0.6) is 0 Å². The third-order valence-electron chi connectivity index (χ3n) is 10.5. The fourth-order valence-corrected chi connectivity index (χ4v) is 8.16. The van der Waals surface area contributed by atoms with Gasteiger partial charge in [0, 0.05) is 67.4 Å². The van der Waals surface area contributed by atoms with Crippen LogP contribution in [0.2, 0.25) is 0 Å². The lowest BCUT2D eigenvalue weighted by atomic mass is 9.84. The van der Waals surface area contributed by atoms with E-state index in [9.17, 15) is 14.4 Å². The summed E-state index contributed by atoms with van der Waals surface area (Å²) in [6.07, 6.45) is 6.65. The molecule has 11 heteroatoms. The number of aromatic nitrogens is 2. The number of hydrazine groups is 1. The number of hydrogen-bond acceptors (Lipinski definition) is 8. The topological polar surface area (TPSA) is 118 Å². The zero-order chi connectivity index (χ0) is 39.9. The summed E-state index contributed by atoms with van der Waals surface area (Å²) < 4.78 is 13.3. The number of methoxy groups -OCH3 is 1. The molecule has 2 atom stereocenters. The molecular formula is C44H60N6O5. The van der Waals surface area contributed by atoms with E-state index in [1.807, 2.05) is 45.1 Å². The molecule has 1 fully saturated rings. The highest BCUT2D eigenvalue weighted by atomic mass is 16.5. The summed E-state index contributed by atoms with van der Waals surface area (Å²) in [7, 11) is 5.50. The average Bonchev–Trinajstić information content (AvgIpc) is 3.45. The van der Waals surface area contributed by atoms with Gasteiger partial charge >= 0.3 is 0 Å². The molecule has 1 saturated heterocycles. The molecule has 2 amide bonds. The molecule has 0 spiro atoms. The Morgan fingerprint density at radius 1 is 1.09 bits per heavy atom. The van der Waals surface area contributed by atoms with Crippen molar-refractivity contribution in [1.29, 1.82) is 0 Å². The van der Waals surface area contributed by atoms with Crippen molar-refractivity contribution in [2.24, 2.45) is 11.3 Å². The van der Waals surface area contributed by atoms with Crippen LogP contribution >= 0.6 is 0 Å². The Kier molecular flexibility index (Phi) is 13.9. The number of fused-ring (bicyclic) bond motifs is 1. The zero-order valence-corrected chi connectivity index (χ0v) is 34.2. The highest BCUT2D eigenvalue weighted by Gasteiger charge is 2.32. The number of nitrogens with zero attached hydrogens (tertiary/aromatic N) is 4. The standard InChI is InChI=1S/C44H60N6O5/c1-10-49-39-14-13-32(23-35(39)36(24-44(5,6)27-55-28-51)41(49)37-25-45-17-15-33(37)26-54-9)34-20-30(4)19-31(21-34)22-38(43(53)50-18-12-11-16-46-50)47-42(52)40(29(2)3)48(7)8/h13-15,17,19-21,23,25,28-29,38,40,46H,10-12,16,18,22,24,26-27H2,1-9H3,(H,47,52). The molecule has 5 rings (SSSR count). The number of rotatable bonds is 17. The van der Waals surface area contributed by atoms with Gasteiger partial charge in [0.1, 0.15) is 6.04 Å². The number of likely N-dealkylation sites (N-methyl/N-ethyl adjacent to an activating group) is 1. The monoisotopic (exact) mass is 752 g/mol. The van der Waals surface area contributed by atoms with Gasteiger partial charge in [0.15, 0.2) is 0 Å². The molecule has 2 aromatic heterocycles. The van der Waals surface area contributed by atoms with E-state index in [1.165, 1.54) is 0 Å². The largest absolute Gasteiger partial charge is 0.467 e. The number of carbonyl (C=O) groups excluding carboxylic acids is 3. The van der Waals surface area contributed by atoms with Crippen molar-refractivity contribution in [3.63, 3.8) is 0 Å². The minimum absolute atomic E-state index is 0.0696. The minimum Gasteiger partial charge on any atom is -0.467 e. The number of ether oxygens (including phenoxy) is 2. The molecule has 55 heavy (non-hydrogen) atoms. The molecule has 2 unspecified atom stereocenters. The smallest absolute Gasteiger partial charge is 0.293 e. The van der Waals surface area contributed by atoms with Crippen molar-refractivity contribution in [1.82, 2.24) is 30.2 Å². The zero-order valence-electron chi connectivity index (χ0n) is 34.2. The number of aryl methyl sites for hydroxylation is 2. The van der Waals surface area contributed by atoms with E-state index in [4.69, 9.17) is 9.47 Å². The van der Waals surface area contributed by atoms with Gasteiger partial charge < -0.3 is 19.4 Å². The molecule has 1 aliphatic rings. The molecule has 4 aromatic rings. The first-order valence-electron chi connectivity index (χ1n) is 19.5. The number of benzene rings is 2. The van der Waals surface area contributed by atoms with Crippen LogP contribution in [0.3, 0.4) is 0 Å². The predicted molar refractivity (Wildman–Crippen MR) is 218 cm³/mol. The Morgan fingerprint density at radius 2 is 1.87 bits per heavy atom. The molecule has 296 valence electrons. The highest BCUT2D eigenvalue weighted by Crippen LogP contribution is 2.41. The number of carbonyl (C=O) groups is 3. The molecule has 11 nitrogen and oxygen atoms in total. The summed E-state index contributed by atoms with van der Waals surface area (Å²) in [5.41, 5.74) is 12.4. The molecule has 2 aromatic carbocycles. The van der Waals surface area contributed by atoms with Crippen molar-refractivity contribution in [3.8, 4) is 22.4 Å². The second kappa shape index (κ2) is 18.4. The van der Waals surface area contributed by atoms with E-state index in [0.29, 0.717) is 32.5 Å². The van der Waals surface area contributed by atoms with Gasteiger partial charge in [-0.2, -0.15) is 0 Å². The van der Waals surface area contributed by atoms with E-state index in [-0.39, 0.29) is 35.8 Å². The van der Waals surface area contributed by atoms with E-state index in [0.717, 1.165) is 81.5 Å². The number of nitrogens with one attached hydrogen (secondary N) is 2. The highest BCUT2D eigenvalue weighted by molar-refractivity contribution is 5.95. The second-order valence-electron chi connectivity index (χ2n) is 16.2. The first-order valence-corrected chi connectivity index (χ1v) is 19.5. The normalized spacial score (nSPS) is 14.7. The van der Waals surface area contributed by atoms with E-state index in [2.05, 4.69) is 84.4 Å². The van der Waals surface area contributed by atoms with Gasteiger partial charge in [0.25, 0.3) is 12.4 Å². The van der Waals surface area contributed by atoms with Gasteiger partial charge in [-0.3, -0.25) is 29.3 Å². The van der Waals surface area contributed by atoms with Crippen LogP contribution in [0.1, 0.15) is 69.7 Å². The predicted octanol–water partition coefficient (Wildman–Crippen LogP) is 6.33. The Balaban J connectivity index is 1.61. The summed E-state index contributed by atoms with van der Waals surface area (Å²) in [4.78, 5) is 45.5. The van der Waals surface area contributed by atoms with Gasteiger partial charge in [0.05, 0.1) is 24.9 Å². The van der Waals surface area contributed by atoms with E-state index < -0.39 is 6.04 Å². The number of amides is 2. The van der Waals surface area contributed by atoms with Crippen LogP contribution in [0.25, 0.3) is 33.3 Å². The molecule has 1 aliphatic heterocycles. The van der Waals surface area contributed by atoms with Gasteiger partial charge in [-0.25, -0.2) is 5.43 Å². The SMILES string of the molecule is CCn1c(-c2cnccc2COC)c(CC(C)(C)COC=O)c2cc(-c3cc(C)cc(CC(NC(=O)C(C(C)C)N(C)C)C(=O)N4CCCCN4)c3)ccc21. The summed E-state index contributed by atoms with van der Waals surface area (Å²) in [6.45, 7) is 15.8. The first kappa shape index (κ1) is 41.6. The Labute approximate surface area is 326 Å². The van der Waals surface area contributed by atoms with Crippen molar-refractivity contribution < 1.29 is 23.9 Å². The lowest BCUT2D eigenvalue weighted by Crippen LogP contribution is -2.58. The summed E-state index contributed by atoms with van der Waals surface area (Å²) in [5.74, 6) is -0.206. The number of hydrogen-bond donors (Lipinski definition) is 2. The summed E-state index contributed by atoms with van der Waals surface area (Å²) in [5, 5.41) is 5.95. The van der Waals surface area contributed by atoms with Crippen LogP contribution in [0.15, 0.2) is 54.9 Å². The first-order chi connectivity index (χ1) is 26.3. The quantitative estimate of drug-likeness (QED) is 0.120. The lowest BCUT2D eigenvalue weighted by molar-refractivity contribution is -0.141. The Bertz CT molecular complexity index is 1950. The van der Waals surface area contributed by atoms with Gasteiger partial charge in [-0.1, -0.05) is 57.5 Å². The van der Waals surface area contributed by atoms with Gasteiger partial charge in [0.2, 0.25) is 5.91 Å². The third kappa shape index (κ3) is 9.81. The van der Waals surface area contributed by atoms with Crippen LogP contribution in [-0.4, -0.2) is 90.7 Å². The van der Waals surface area contributed by atoms with Crippen LogP contribution in [0.4, 0.5) is 0 Å². The van der Waals surface area contributed by atoms with Crippen LogP contribution < -0.4 is 10.7 Å². The maximum absolute atomic E-state index is 14.0. The maximum Gasteiger partial charge on any atom is 0.293 e. The van der Waals surface area contributed by atoms with E-state index >= 15 is 0 Å². The van der Waals surface area contributed by atoms with Crippen molar-refractivity contribution >= 4 is 29.2 Å². The van der Waals surface area contributed by atoms with Crippen molar-refractivity contribution in [2.45, 2.75) is 92.5 Å². The van der Waals surface area contributed by atoms with Crippen LogP contribution in [-0.2, 0) is 49.9 Å². The summed E-state index contributed by atoms with van der Waals surface area (Å²) in [6, 6.07) is 13.9. The molecule has 2 N–H and O–H groups in total. The van der Waals surface area contributed by atoms with Crippen molar-refractivity contribution in [2.75, 3.05) is 40.9 Å². The Morgan fingerprint density at radius 3 is 2.53 bits per heavy atom. The number of pyridine rings is 1. The molecule has 0 bridgehead atoms. The summed E-state index contributed by atoms with van der Waals surface area (Å²) >= 11 is 0. The maximum atomic E-state index is 14.0. The van der Waals surface area contributed by atoms with Crippen LogP contribution in [0, 0.1) is 18.3 Å². The van der Waals surface area contributed by atoms with Crippen molar-refractivity contribution in [3.05, 3.63) is 77.1 Å². The molecule has 0 aliphatic carbocycles. The fourth-order valence-electron chi connectivity index (χ4n) is 8.16. The molecule has 0 saturated carbocycles. The molecule has 3 heterocycles. The van der Waals surface area contributed by atoms with Gasteiger partial charge in [-0.05, 0) is 99.1 Å². The Hall–Kier alpha value is -4.58.